The van der Waals surface area contributed by atoms with Crippen LogP contribution in [0.1, 0.15) is 43.7 Å². The average Bonchev–Trinajstić information content (AvgIpc) is 3.14. The van der Waals surface area contributed by atoms with Gasteiger partial charge >= 0.3 is 0 Å². The Kier molecular flexibility index (Phi) is 5.18. The van der Waals surface area contributed by atoms with Gasteiger partial charge in [0.2, 0.25) is 11.8 Å². The summed E-state index contributed by atoms with van der Waals surface area (Å²) in [6, 6.07) is 10.1. The number of rotatable bonds is 5. The summed E-state index contributed by atoms with van der Waals surface area (Å²) in [5.74, 6) is -0.423. The zero-order chi connectivity index (χ0) is 22.4. The van der Waals surface area contributed by atoms with E-state index in [1.54, 1.807) is 6.20 Å². The van der Waals surface area contributed by atoms with Crippen LogP contribution in [-0.4, -0.2) is 59.0 Å². The summed E-state index contributed by atoms with van der Waals surface area (Å²) in [7, 11) is 0. The van der Waals surface area contributed by atoms with Crippen LogP contribution in [0.2, 0.25) is 0 Å². The Morgan fingerprint density at radius 3 is 2.76 bits per heavy atom. The molecule has 2 aromatic heterocycles. The van der Waals surface area contributed by atoms with Crippen molar-refractivity contribution in [2.45, 2.75) is 44.6 Å². The summed E-state index contributed by atoms with van der Waals surface area (Å²) in [5, 5.41) is 8.28. The fraction of sp³-hybridized carbons (Fsp3) is 0.500. The molecule has 2 N–H and O–H groups in total. The van der Waals surface area contributed by atoms with Crippen molar-refractivity contribution in [3.05, 3.63) is 42.1 Å². The third-order valence-corrected chi connectivity index (χ3v) is 7.90. The average molecular weight is 446 g/mol. The van der Waals surface area contributed by atoms with Gasteiger partial charge in [-0.2, -0.15) is 0 Å². The van der Waals surface area contributed by atoms with Crippen molar-refractivity contribution >= 4 is 33.8 Å². The third kappa shape index (κ3) is 3.63. The number of carbonyl (C=O) groups is 2. The first-order valence-corrected chi connectivity index (χ1v) is 12.3. The predicted octanol–water partition coefficient (Wildman–Crippen LogP) is 2.79. The molecule has 7 heteroatoms. The zero-order valence-electron chi connectivity index (χ0n) is 19.0. The van der Waals surface area contributed by atoms with Gasteiger partial charge < -0.3 is 14.8 Å². The maximum atomic E-state index is 12.7. The van der Waals surface area contributed by atoms with Crippen molar-refractivity contribution in [2.75, 3.05) is 32.7 Å². The van der Waals surface area contributed by atoms with E-state index in [-0.39, 0.29) is 11.8 Å². The Hall–Kier alpha value is -2.77. The lowest BCUT2D eigenvalue weighted by Gasteiger charge is -2.52. The number of piperidine rings is 2. The molecule has 1 spiro atoms. The number of pyridine rings is 1. The van der Waals surface area contributed by atoms with Crippen molar-refractivity contribution < 1.29 is 9.59 Å². The number of nitrogens with zero attached hydrogens (tertiary/aromatic N) is 3. The minimum Gasteiger partial charge on any atom is -0.317 e. The standard InChI is InChI=1S/C26H31N5O2/c32-22-9-8-21(25(33)29-22)31-20-7-1-4-18(23(20)19-6-2-12-28-24(19)31)5-3-15-30-16-26(17-30)10-13-27-14-11-26/h1-2,4,6-7,12,21,27H,3,5,8-11,13-17H2,(H,29,32,33). The highest BCUT2D eigenvalue weighted by atomic mass is 16.2. The monoisotopic (exact) mass is 445 g/mol. The van der Waals surface area contributed by atoms with Crippen LogP contribution in [0.3, 0.4) is 0 Å². The van der Waals surface area contributed by atoms with E-state index in [2.05, 4.69) is 44.8 Å². The summed E-state index contributed by atoms with van der Waals surface area (Å²) in [6.07, 6.45) is 7.41. The number of aryl methyl sites for hydroxylation is 1. The van der Waals surface area contributed by atoms with Gasteiger partial charge in [0.05, 0.1) is 5.52 Å². The summed E-state index contributed by atoms with van der Waals surface area (Å²) in [4.78, 5) is 31.7. The van der Waals surface area contributed by atoms with Crippen molar-refractivity contribution in [1.29, 1.82) is 0 Å². The Balaban J connectivity index is 1.25. The van der Waals surface area contributed by atoms with Crippen LogP contribution in [0.4, 0.5) is 0 Å². The van der Waals surface area contributed by atoms with Crippen LogP contribution in [0.5, 0.6) is 0 Å². The molecule has 172 valence electrons. The van der Waals surface area contributed by atoms with E-state index in [1.807, 2.05) is 10.6 Å². The molecule has 7 nitrogen and oxygen atoms in total. The van der Waals surface area contributed by atoms with E-state index < -0.39 is 6.04 Å². The van der Waals surface area contributed by atoms with Gasteiger partial charge in [0.15, 0.2) is 0 Å². The van der Waals surface area contributed by atoms with Crippen LogP contribution in [-0.2, 0) is 16.0 Å². The summed E-state index contributed by atoms with van der Waals surface area (Å²) in [5.41, 5.74) is 3.75. The number of fused-ring (bicyclic) bond motifs is 3. The van der Waals surface area contributed by atoms with Crippen molar-refractivity contribution in [2.24, 2.45) is 5.41 Å². The fourth-order valence-electron chi connectivity index (χ4n) is 6.28. The molecule has 3 saturated heterocycles. The van der Waals surface area contributed by atoms with Crippen molar-refractivity contribution in [3.8, 4) is 0 Å². The van der Waals surface area contributed by atoms with Gasteiger partial charge in [-0.15, -0.1) is 0 Å². The molecule has 0 radical (unpaired) electrons. The zero-order valence-corrected chi connectivity index (χ0v) is 19.0. The molecule has 0 saturated carbocycles. The van der Waals surface area contributed by atoms with Crippen LogP contribution >= 0.6 is 0 Å². The van der Waals surface area contributed by atoms with E-state index in [0.29, 0.717) is 18.3 Å². The predicted molar refractivity (Wildman–Crippen MR) is 128 cm³/mol. The molecule has 3 aliphatic heterocycles. The largest absolute Gasteiger partial charge is 0.317 e. The number of nitrogens with one attached hydrogen (secondary N) is 2. The lowest BCUT2D eigenvalue weighted by Crippen LogP contribution is -2.59. The first-order chi connectivity index (χ1) is 16.1. The van der Waals surface area contributed by atoms with Gasteiger partial charge in [0, 0.05) is 36.5 Å². The first kappa shape index (κ1) is 20.8. The van der Waals surface area contributed by atoms with Gasteiger partial charge in [-0.25, -0.2) is 4.98 Å². The molecule has 1 unspecified atom stereocenters. The maximum absolute atomic E-state index is 12.7. The molecule has 2 amide bonds. The van der Waals surface area contributed by atoms with Gasteiger partial charge in [-0.05, 0) is 80.9 Å². The van der Waals surface area contributed by atoms with Crippen LogP contribution < -0.4 is 10.6 Å². The SMILES string of the molecule is O=C1CCC(n2c3cccc(CCCN4CC5(CCNCC5)C4)c3c3cccnc32)C(=O)N1. The molecule has 3 aromatic rings. The highest BCUT2D eigenvalue weighted by molar-refractivity contribution is 6.10. The fourth-order valence-corrected chi connectivity index (χ4v) is 6.28. The molecule has 6 rings (SSSR count). The summed E-state index contributed by atoms with van der Waals surface area (Å²) in [6.45, 7) is 5.97. The number of benzene rings is 1. The van der Waals surface area contributed by atoms with E-state index >= 15 is 0 Å². The second-order valence-electron chi connectivity index (χ2n) is 10.1. The molecule has 5 heterocycles. The number of likely N-dealkylation sites (tertiary alicyclic amines) is 1. The number of carbonyl (C=O) groups excluding carboxylic acids is 2. The van der Waals surface area contributed by atoms with Crippen molar-refractivity contribution in [1.82, 2.24) is 25.1 Å². The smallest absolute Gasteiger partial charge is 0.249 e. The first-order valence-electron chi connectivity index (χ1n) is 12.3. The molecular weight excluding hydrogens is 414 g/mol. The van der Waals surface area contributed by atoms with Gasteiger partial charge in [-0.3, -0.25) is 14.9 Å². The van der Waals surface area contributed by atoms with Gasteiger partial charge in [0.1, 0.15) is 11.7 Å². The Morgan fingerprint density at radius 2 is 1.94 bits per heavy atom. The molecule has 3 aliphatic rings. The Bertz CT molecular complexity index is 1220. The van der Waals surface area contributed by atoms with Gasteiger partial charge in [0.25, 0.3) is 0 Å². The molecule has 3 fully saturated rings. The topological polar surface area (TPSA) is 79.3 Å². The summed E-state index contributed by atoms with van der Waals surface area (Å²) >= 11 is 0. The number of hydrogen-bond donors (Lipinski definition) is 2. The number of imide groups is 1. The maximum Gasteiger partial charge on any atom is 0.249 e. The Labute approximate surface area is 193 Å². The molecule has 1 atom stereocenters. The second kappa shape index (κ2) is 8.22. The summed E-state index contributed by atoms with van der Waals surface area (Å²) < 4.78 is 2.05. The minimum atomic E-state index is -0.407. The number of hydrogen-bond acceptors (Lipinski definition) is 5. The van der Waals surface area contributed by atoms with E-state index in [9.17, 15) is 9.59 Å². The molecular formula is C26H31N5O2. The minimum absolute atomic E-state index is 0.192. The van der Waals surface area contributed by atoms with Crippen LogP contribution in [0.25, 0.3) is 21.9 Å². The second-order valence-corrected chi connectivity index (χ2v) is 10.1. The molecule has 0 aliphatic carbocycles. The lowest BCUT2D eigenvalue weighted by atomic mass is 9.72. The molecule has 0 bridgehead atoms. The highest BCUT2D eigenvalue weighted by Gasteiger charge is 2.42. The van der Waals surface area contributed by atoms with E-state index in [0.717, 1.165) is 35.9 Å². The van der Waals surface area contributed by atoms with Crippen LogP contribution in [0, 0.1) is 5.41 Å². The van der Waals surface area contributed by atoms with Crippen molar-refractivity contribution in [3.63, 3.8) is 0 Å². The van der Waals surface area contributed by atoms with Gasteiger partial charge in [-0.1, -0.05) is 12.1 Å². The highest BCUT2D eigenvalue weighted by Crippen LogP contribution is 2.39. The Morgan fingerprint density at radius 1 is 1.09 bits per heavy atom. The molecule has 1 aromatic carbocycles. The van der Waals surface area contributed by atoms with E-state index in [1.165, 1.54) is 50.0 Å². The lowest BCUT2D eigenvalue weighted by molar-refractivity contribution is -0.135. The quantitative estimate of drug-likeness (QED) is 0.591. The third-order valence-electron chi connectivity index (χ3n) is 7.90. The number of amides is 2. The van der Waals surface area contributed by atoms with E-state index in [4.69, 9.17) is 0 Å². The number of aromatic nitrogens is 2. The normalized spacial score (nSPS) is 23.2. The van der Waals surface area contributed by atoms with Crippen LogP contribution in [0.15, 0.2) is 36.5 Å². The molecule has 33 heavy (non-hydrogen) atoms.